The van der Waals surface area contributed by atoms with Crippen LogP contribution in [-0.4, -0.2) is 36.1 Å². The van der Waals surface area contributed by atoms with Crippen LogP contribution in [0.4, 0.5) is 0 Å². The molecule has 2 aromatic rings. The molecule has 1 N–H and O–H groups in total. The predicted molar refractivity (Wildman–Crippen MR) is 91.5 cm³/mol. The van der Waals surface area contributed by atoms with Gasteiger partial charge in [-0.25, -0.2) is 0 Å². The maximum Gasteiger partial charge on any atom is 0.112 e. The van der Waals surface area contributed by atoms with Gasteiger partial charge in [-0.05, 0) is 18.1 Å². The van der Waals surface area contributed by atoms with Crippen LogP contribution in [-0.2, 0) is 27.4 Å². The van der Waals surface area contributed by atoms with Crippen molar-refractivity contribution in [3.63, 3.8) is 0 Å². The van der Waals surface area contributed by atoms with E-state index in [4.69, 9.17) is 14.2 Å². The number of benzene rings is 2. The number of aliphatic hydroxyl groups excluding tert-OH is 1. The van der Waals surface area contributed by atoms with Crippen molar-refractivity contribution in [3.05, 3.63) is 71.8 Å². The Morgan fingerprint density at radius 2 is 1.46 bits per heavy atom. The van der Waals surface area contributed by atoms with Crippen LogP contribution in [0.2, 0.25) is 0 Å². The van der Waals surface area contributed by atoms with Crippen LogP contribution in [0.25, 0.3) is 0 Å². The second-order valence-corrected chi connectivity index (χ2v) is 6.13. The molecule has 4 atom stereocenters. The van der Waals surface area contributed by atoms with E-state index in [2.05, 4.69) is 0 Å². The first-order valence-corrected chi connectivity index (χ1v) is 8.35. The van der Waals surface area contributed by atoms with Gasteiger partial charge in [-0.2, -0.15) is 0 Å². The van der Waals surface area contributed by atoms with Gasteiger partial charge in [-0.15, -0.1) is 0 Å². The van der Waals surface area contributed by atoms with E-state index in [0.29, 0.717) is 19.8 Å². The van der Waals surface area contributed by atoms with Crippen molar-refractivity contribution in [3.8, 4) is 0 Å². The molecule has 3 rings (SSSR count). The number of rotatable bonds is 6. The fourth-order valence-corrected chi connectivity index (χ4v) is 2.85. The zero-order valence-corrected chi connectivity index (χ0v) is 13.9. The Morgan fingerprint density at radius 1 is 0.917 bits per heavy atom. The van der Waals surface area contributed by atoms with Gasteiger partial charge in [-0.1, -0.05) is 60.7 Å². The molecule has 0 amide bonds. The molecular weight excluding hydrogens is 304 g/mol. The first-order valence-electron chi connectivity index (χ1n) is 8.35. The minimum atomic E-state index is -0.707. The van der Waals surface area contributed by atoms with Crippen LogP contribution in [0, 0.1) is 0 Å². The standard InChI is InChI=1S/C20H24O4/c1-15-20(24-13-17-10-6-3-7-11-17)19(21)18(14-22-15)23-12-16-8-4-2-5-9-16/h2-11,15,18-21H,12-14H2,1H3/t15-,18-,19-,20-/m1/s1. The Hall–Kier alpha value is -1.72. The molecule has 1 aliphatic rings. The maximum absolute atomic E-state index is 10.6. The summed E-state index contributed by atoms with van der Waals surface area (Å²) in [7, 11) is 0. The average Bonchev–Trinajstić information content (AvgIpc) is 2.63. The van der Waals surface area contributed by atoms with E-state index in [9.17, 15) is 5.11 Å². The van der Waals surface area contributed by atoms with Crippen molar-refractivity contribution in [2.75, 3.05) is 6.61 Å². The molecule has 4 heteroatoms. The van der Waals surface area contributed by atoms with Crippen LogP contribution >= 0.6 is 0 Å². The molecule has 2 aromatic carbocycles. The molecule has 1 fully saturated rings. The normalized spacial score (nSPS) is 27.1. The zero-order chi connectivity index (χ0) is 16.8. The van der Waals surface area contributed by atoms with Crippen molar-refractivity contribution in [2.24, 2.45) is 0 Å². The first-order chi connectivity index (χ1) is 11.7. The van der Waals surface area contributed by atoms with Gasteiger partial charge >= 0.3 is 0 Å². The summed E-state index contributed by atoms with van der Waals surface area (Å²) in [5.74, 6) is 0. The summed E-state index contributed by atoms with van der Waals surface area (Å²) < 4.78 is 17.5. The molecule has 0 aliphatic carbocycles. The first kappa shape index (κ1) is 17.1. The molecule has 0 bridgehead atoms. The number of hydrogen-bond acceptors (Lipinski definition) is 4. The second-order valence-electron chi connectivity index (χ2n) is 6.13. The summed E-state index contributed by atoms with van der Waals surface area (Å²) in [5.41, 5.74) is 2.15. The van der Waals surface area contributed by atoms with Crippen molar-refractivity contribution < 1.29 is 19.3 Å². The number of aliphatic hydroxyl groups is 1. The van der Waals surface area contributed by atoms with E-state index in [0.717, 1.165) is 11.1 Å². The van der Waals surface area contributed by atoms with E-state index in [1.807, 2.05) is 67.6 Å². The molecule has 1 heterocycles. The Balaban J connectivity index is 1.55. The summed E-state index contributed by atoms with van der Waals surface area (Å²) in [4.78, 5) is 0. The molecule has 0 spiro atoms. The molecule has 0 aromatic heterocycles. The third-order valence-corrected chi connectivity index (χ3v) is 4.30. The Bertz CT molecular complexity index is 602. The van der Waals surface area contributed by atoms with Gasteiger partial charge in [0.25, 0.3) is 0 Å². The molecule has 128 valence electrons. The third kappa shape index (κ3) is 4.42. The van der Waals surface area contributed by atoms with Crippen molar-refractivity contribution in [1.82, 2.24) is 0 Å². The highest BCUT2D eigenvalue weighted by atomic mass is 16.6. The largest absolute Gasteiger partial charge is 0.387 e. The zero-order valence-electron chi connectivity index (χ0n) is 13.9. The highest BCUT2D eigenvalue weighted by Gasteiger charge is 2.38. The molecule has 0 unspecified atom stereocenters. The van der Waals surface area contributed by atoms with Gasteiger partial charge in [0.1, 0.15) is 18.3 Å². The molecule has 1 saturated heterocycles. The number of ether oxygens (including phenoxy) is 3. The average molecular weight is 328 g/mol. The Labute approximate surface area is 143 Å². The Morgan fingerprint density at radius 3 is 2.04 bits per heavy atom. The number of hydrogen-bond donors (Lipinski definition) is 1. The van der Waals surface area contributed by atoms with Crippen LogP contribution in [0.15, 0.2) is 60.7 Å². The van der Waals surface area contributed by atoms with Crippen LogP contribution in [0.5, 0.6) is 0 Å². The lowest BCUT2D eigenvalue weighted by Crippen LogP contribution is -2.53. The summed E-state index contributed by atoms with van der Waals surface area (Å²) >= 11 is 0. The summed E-state index contributed by atoms with van der Waals surface area (Å²) in [6.07, 6.45) is -1.66. The molecule has 1 aliphatic heterocycles. The summed E-state index contributed by atoms with van der Waals surface area (Å²) in [5, 5.41) is 10.6. The maximum atomic E-state index is 10.6. The molecule has 0 radical (unpaired) electrons. The summed E-state index contributed by atoms with van der Waals surface area (Å²) in [6.45, 7) is 3.19. The molecule has 4 nitrogen and oxygen atoms in total. The summed E-state index contributed by atoms with van der Waals surface area (Å²) in [6, 6.07) is 19.8. The fraction of sp³-hybridized carbons (Fsp3) is 0.400. The second kappa shape index (κ2) is 8.40. The predicted octanol–water partition coefficient (Wildman–Crippen LogP) is 2.94. The minimum absolute atomic E-state index is 0.166. The lowest BCUT2D eigenvalue weighted by molar-refractivity contribution is -0.217. The van der Waals surface area contributed by atoms with Crippen LogP contribution < -0.4 is 0 Å². The molecular formula is C20H24O4. The van der Waals surface area contributed by atoms with E-state index in [1.165, 1.54) is 0 Å². The fourth-order valence-electron chi connectivity index (χ4n) is 2.85. The molecule has 24 heavy (non-hydrogen) atoms. The minimum Gasteiger partial charge on any atom is -0.387 e. The van der Waals surface area contributed by atoms with Crippen molar-refractivity contribution in [1.29, 1.82) is 0 Å². The van der Waals surface area contributed by atoms with E-state index >= 15 is 0 Å². The van der Waals surface area contributed by atoms with Gasteiger partial charge in [0.15, 0.2) is 0 Å². The van der Waals surface area contributed by atoms with Gasteiger partial charge in [0.2, 0.25) is 0 Å². The van der Waals surface area contributed by atoms with E-state index in [1.54, 1.807) is 0 Å². The van der Waals surface area contributed by atoms with Gasteiger partial charge in [-0.3, -0.25) is 0 Å². The van der Waals surface area contributed by atoms with Gasteiger partial charge < -0.3 is 19.3 Å². The van der Waals surface area contributed by atoms with Gasteiger partial charge in [0, 0.05) is 0 Å². The lowest BCUT2D eigenvalue weighted by Gasteiger charge is -2.38. The lowest BCUT2D eigenvalue weighted by atomic mass is 10.0. The molecule has 0 saturated carbocycles. The third-order valence-electron chi connectivity index (χ3n) is 4.30. The van der Waals surface area contributed by atoms with Crippen molar-refractivity contribution >= 4 is 0 Å². The van der Waals surface area contributed by atoms with E-state index < -0.39 is 12.2 Å². The van der Waals surface area contributed by atoms with Crippen molar-refractivity contribution in [2.45, 2.75) is 44.6 Å². The highest BCUT2D eigenvalue weighted by Crippen LogP contribution is 2.22. The Kier molecular flexibility index (Phi) is 5.99. The topological polar surface area (TPSA) is 47.9 Å². The van der Waals surface area contributed by atoms with Gasteiger partial charge in [0.05, 0.1) is 25.9 Å². The smallest absolute Gasteiger partial charge is 0.112 e. The van der Waals surface area contributed by atoms with Crippen LogP contribution in [0.3, 0.4) is 0 Å². The highest BCUT2D eigenvalue weighted by molar-refractivity contribution is 5.14. The monoisotopic (exact) mass is 328 g/mol. The van der Waals surface area contributed by atoms with E-state index in [-0.39, 0.29) is 12.2 Å². The van der Waals surface area contributed by atoms with Crippen LogP contribution in [0.1, 0.15) is 18.1 Å². The quantitative estimate of drug-likeness (QED) is 0.886. The SMILES string of the molecule is C[C@H]1OC[C@@H](OCc2ccccc2)[C@@H](O)[C@@H]1OCc1ccccc1.